The molecule has 0 atom stereocenters. The van der Waals surface area contributed by atoms with Crippen molar-refractivity contribution in [2.45, 2.75) is 26.2 Å². The van der Waals surface area contributed by atoms with Gasteiger partial charge in [0.25, 0.3) is 5.91 Å². The molecule has 0 saturated carbocycles. The average Bonchev–Trinajstić information content (AvgIpc) is 3.06. The largest absolute Gasteiger partial charge is 0.494 e. The lowest BCUT2D eigenvalue weighted by atomic mass is 10.2. The minimum Gasteiger partial charge on any atom is -0.494 e. The Labute approximate surface area is 146 Å². The third-order valence-electron chi connectivity index (χ3n) is 3.93. The standard InChI is InChI=1S/C19H22N2O4/c1-2-3-4-9-23-14-7-5-13(6-8-14)19(22)21-16-11-18-17(10-15(16)20)24-12-25-18/h5-8,10-11H,2-4,9,12,20H2,1H3,(H,21,22). The molecule has 132 valence electrons. The van der Waals surface area contributed by atoms with Crippen LogP contribution < -0.4 is 25.3 Å². The van der Waals surface area contributed by atoms with Crippen LogP contribution in [0.15, 0.2) is 36.4 Å². The lowest BCUT2D eigenvalue weighted by Crippen LogP contribution is -2.13. The highest BCUT2D eigenvalue weighted by Crippen LogP contribution is 2.38. The number of rotatable bonds is 7. The van der Waals surface area contributed by atoms with Gasteiger partial charge in [0, 0.05) is 17.7 Å². The zero-order valence-corrected chi connectivity index (χ0v) is 14.2. The molecule has 3 N–H and O–H groups in total. The maximum absolute atomic E-state index is 12.4. The monoisotopic (exact) mass is 342 g/mol. The van der Waals surface area contributed by atoms with E-state index in [0.717, 1.165) is 25.0 Å². The molecule has 0 unspecified atom stereocenters. The number of carbonyl (C=O) groups is 1. The van der Waals surface area contributed by atoms with E-state index >= 15 is 0 Å². The predicted octanol–water partition coefficient (Wildman–Crippen LogP) is 3.82. The van der Waals surface area contributed by atoms with E-state index in [1.54, 1.807) is 36.4 Å². The van der Waals surface area contributed by atoms with Crippen molar-refractivity contribution in [3.63, 3.8) is 0 Å². The van der Waals surface area contributed by atoms with Crippen molar-refractivity contribution in [3.8, 4) is 17.2 Å². The Hall–Kier alpha value is -2.89. The molecule has 1 amide bonds. The number of hydrogen-bond acceptors (Lipinski definition) is 5. The van der Waals surface area contributed by atoms with Gasteiger partial charge in [0.15, 0.2) is 11.5 Å². The topological polar surface area (TPSA) is 82.8 Å². The van der Waals surface area contributed by atoms with E-state index in [4.69, 9.17) is 19.9 Å². The minimum absolute atomic E-state index is 0.159. The van der Waals surface area contributed by atoms with Crippen molar-refractivity contribution in [1.82, 2.24) is 0 Å². The second kappa shape index (κ2) is 7.79. The molecule has 3 rings (SSSR count). The summed E-state index contributed by atoms with van der Waals surface area (Å²) in [5.74, 6) is 1.67. The van der Waals surface area contributed by atoms with Crippen LogP contribution in [-0.2, 0) is 0 Å². The van der Waals surface area contributed by atoms with Crippen molar-refractivity contribution in [3.05, 3.63) is 42.0 Å². The molecule has 25 heavy (non-hydrogen) atoms. The van der Waals surface area contributed by atoms with Crippen LogP contribution in [0.2, 0.25) is 0 Å². The molecular formula is C19H22N2O4. The molecule has 0 aromatic heterocycles. The minimum atomic E-state index is -0.247. The van der Waals surface area contributed by atoms with E-state index in [9.17, 15) is 4.79 Å². The first-order chi connectivity index (χ1) is 12.2. The smallest absolute Gasteiger partial charge is 0.255 e. The molecule has 6 heteroatoms. The Balaban J connectivity index is 1.62. The molecule has 0 aliphatic carbocycles. The number of benzene rings is 2. The number of ether oxygens (including phenoxy) is 3. The van der Waals surface area contributed by atoms with Gasteiger partial charge in [0.1, 0.15) is 5.75 Å². The maximum atomic E-state index is 12.4. The Kier molecular flexibility index (Phi) is 5.28. The summed E-state index contributed by atoms with van der Waals surface area (Å²) in [6.07, 6.45) is 3.34. The van der Waals surface area contributed by atoms with Gasteiger partial charge in [-0.2, -0.15) is 0 Å². The fraction of sp³-hybridized carbons (Fsp3) is 0.316. The van der Waals surface area contributed by atoms with Crippen LogP contribution in [-0.4, -0.2) is 19.3 Å². The zero-order valence-electron chi connectivity index (χ0n) is 14.2. The van der Waals surface area contributed by atoms with Gasteiger partial charge in [-0.25, -0.2) is 0 Å². The van der Waals surface area contributed by atoms with Crippen LogP contribution in [0.25, 0.3) is 0 Å². The number of amides is 1. The summed E-state index contributed by atoms with van der Waals surface area (Å²) < 4.78 is 16.2. The van der Waals surface area contributed by atoms with E-state index in [1.807, 2.05) is 0 Å². The Morgan fingerprint density at radius 1 is 1.16 bits per heavy atom. The number of nitrogen functional groups attached to an aromatic ring is 1. The Morgan fingerprint density at radius 2 is 1.88 bits per heavy atom. The van der Waals surface area contributed by atoms with Crippen molar-refractivity contribution >= 4 is 17.3 Å². The van der Waals surface area contributed by atoms with Gasteiger partial charge in [0.2, 0.25) is 6.79 Å². The van der Waals surface area contributed by atoms with Crippen molar-refractivity contribution < 1.29 is 19.0 Å². The third-order valence-corrected chi connectivity index (χ3v) is 3.93. The second-order valence-corrected chi connectivity index (χ2v) is 5.83. The molecule has 0 fully saturated rings. The highest BCUT2D eigenvalue weighted by atomic mass is 16.7. The number of unbranched alkanes of at least 4 members (excludes halogenated alkanes) is 2. The number of carbonyl (C=O) groups excluding carboxylic acids is 1. The molecule has 0 bridgehead atoms. The van der Waals surface area contributed by atoms with Gasteiger partial charge in [-0.05, 0) is 30.7 Å². The fourth-order valence-electron chi connectivity index (χ4n) is 2.51. The molecule has 0 spiro atoms. The quantitative estimate of drug-likeness (QED) is 0.590. The van der Waals surface area contributed by atoms with Crippen molar-refractivity contribution in [2.24, 2.45) is 0 Å². The number of fused-ring (bicyclic) bond motifs is 1. The zero-order chi connectivity index (χ0) is 17.6. The molecule has 0 radical (unpaired) electrons. The number of hydrogen-bond donors (Lipinski definition) is 2. The summed E-state index contributed by atoms with van der Waals surface area (Å²) in [6, 6.07) is 10.4. The van der Waals surface area contributed by atoms with Crippen LogP contribution in [0.5, 0.6) is 17.2 Å². The van der Waals surface area contributed by atoms with Crippen LogP contribution in [0, 0.1) is 0 Å². The predicted molar refractivity (Wildman–Crippen MR) is 96.4 cm³/mol. The summed E-state index contributed by atoms with van der Waals surface area (Å²) in [6.45, 7) is 3.00. The number of anilines is 2. The van der Waals surface area contributed by atoms with Crippen LogP contribution in [0.3, 0.4) is 0 Å². The van der Waals surface area contributed by atoms with Crippen LogP contribution in [0.4, 0.5) is 11.4 Å². The van der Waals surface area contributed by atoms with E-state index < -0.39 is 0 Å². The highest BCUT2D eigenvalue weighted by molar-refractivity contribution is 6.06. The molecule has 2 aromatic rings. The third kappa shape index (κ3) is 4.15. The molecular weight excluding hydrogens is 320 g/mol. The summed E-state index contributed by atoms with van der Waals surface area (Å²) >= 11 is 0. The fourth-order valence-corrected chi connectivity index (χ4v) is 2.51. The second-order valence-electron chi connectivity index (χ2n) is 5.83. The highest BCUT2D eigenvalue weighted by Gasteiger charge is 2.17. The first-order valence-corrected chi connectivity index (χ1v) is 8.40. The number of nitrogens with one attached hydrogen (secondary N) is 1. The van der Waals surface area contributed by atoms with Gasteiger partial charge >= 0.3 is 0 Å². The molecule has 1 heterocycles. The first kappa shape index (κ1) is 17.0. The van der Waals surface area contributed by atoms with E-state index in [-0.39, 0.29) is 12.7 Å². The normalized spacial score (nSPS) is 12.0. The molecule has 1 aliphatic heterocycles. The van der Waals surface area contributed by atoms with Crippen LogP contribution >= 0.6 is 0 Å². The van der Waals surface area contributed by atoms with Gasteiger partial charge in [0.05, 0.1) is 18.0 Å². The van der Waals surface area contributed by atoms with Crippen molar-refractivity contribution in [1.29, 1.82) is 0 Å². The van der Waals surface area contributed by atoms with Crippen molar-refractivity contribution in [2.75, 3.05) is 24.5 Å². The summed E-state index contributed by atoms with van der Waals surface area (Å²) in [5, 5.41) is 2.80. The molecule has 0 saturated heterocycles. The van der Waals surface area contributed by atoms with E-state index in [0.29, 0.717) is 35.0 Å². The van der Waals surface area contributed by atoms with Gasteiger partial charge in [-0.1, -0.05) is 19.8 Å². The number of nitrogens with two attached hydrogens (primary N) is 1. The van der Waals surface area contributed by atoms with Crippen LogP contribution in [0.1, 0.15) is 36.5 Å². The molecule has 2 aromatic carbocycles. The van der Waals surface area contributed by atoms with Gasteiger partial charge in [-0.3, -0.25) is 4.79 Å². The molecule has 1 aliphatic rings. The lowest BCUT2D eigenvalue weighted by Gasteiger charge is -2.10. The average molecular weight is 342 g/mol. The summed E-state index contributed by atoms with van der Waals surface area (Å²) in [7, 11) is 0. The van der Waals surface area contributed by atoms with Gasteiger partial charge in [-0.15, -0.1) is 0 Å². The SMILES string of the molecule is CCCCCOc1ccc(C(=O)Nc2cc3c(cc2N)OCO3)cc1. The first-order valence-electron chi connectivity index (χ1n) is 8.40. The molecule has 6 nitrogen and oxygen atoms in total. The Bertz CT molecular complexity index is 744. The Morgan fingerprint density at radius 3 is 2.60 bits per heavy atom. The lowest BCUT2D eigenvalue weighted by molar-refractivity contribution is 0.102. The van der Waals surface area contributed by atoms with Gasteiger partial charge < -0.3 is 25.3 Å². The van der Waals surface area contributed by atoms with E-state index in [2.05, 4.69) is 12.2 Å². The van der Waals surface area contributed by atoms with E-state index in [1.165, 1.54) is 0 Å². The maximum Gasteiger partial charge on any atom is 0.255 e. The summed E-state index contributed by atoms with van der Waals surface area (Å²) in [5.41, 5.74) is 7.40. The summed E-state index contributed by atoms with van der Waals surface area (Å²) in [4.78, 5) is 12.4.